The first-order valence-electron chi connectivity index (χ1n) is 1.64. The SMILES string of the molecule is NC(=O)C(=NO)NO. The Morgan fingerprint density at radius 1 is 1.75 bits per heavy atom. The molecule has 0 aliphatic carbocycles. The van der Waals surface area contributed by atoms with Gasteiger partial charge in [0.15, 0.2) is 0 Å². The topological polar surface area (TPSA) is 108 Å². The van der Waals surface area contributed by atoms with Crippen LogP contribution in [0.2, 0.25) is 0 Å². The van der Waals surface area contributed by atoms with Crippen LogP contribution in [0, 0.1) is 0 Å². The predicted octanol–water partition coefficient (Wildman–Crippen LogP) is -1.76. The molecule has 0 fully saturated rings. The Labute approximate surface area is 44.5 Å². The van der Waals surface area contributed by atoms with Gasteiger partial charge in [0.2, 0.25) is 0 Å². The number of nitrogens with zero attached hydrogens (tertiary/aromatic N) is 1. The minimum Gasteiger partial charge on any atom is -0.409 e. The van der Waals surface area contributed by atoms with E-state index in [2.05, 4.69) is 10.9 Å². The van der Waals surface area contributed by atoms with E-state index < -0.39 is 11.7 Å². The molecule has 6 heteroatoms. The number of primary amides is 1. The Morgan fingerprint density at radius 3 is 2.25 bits per heavy atom. The van der Waals surface area contributed by atoms with Crippen LogP contribution >= 0.6 is 0 Å². The monoisotopic (exact) mass is 119 g/mol. The standard InChI is InChI=1S/C2H5N3O3/c3-1(6)2(4-7)5-8/h7-8H,(H2,3,6)(H,4,5). The summed E-state index contributed by atoms with van der Waals surface area (Å²) in [6, 6.07) is 0. The summed E-state index contributed by atoms with van der Waals surface area (Å²) in [5.41, 5.74) is 5.78. The summed E-state index contributed by atoms with van der Waals surface area (Å²) in [7, 11) is 0. The summed E-state index contributed by atoms with van der Waals surface area (Å²) >= 11 is 0. The number of oxime groups is 1. The second-order valence-electron chi connectivity index (χ2n) is 0.925. The molecule has 0 spiro atoms. The van der Waals surface area contributed by atoms with Gasteiger partial charge in [0.05, 0.1) is 0 Å². The molecule has 0 aromatic carbocycles. The van der Waals surface area contributed by atoms with Crippen molar-refractivity contribution in [2.45, 2.75) is 0 Å². The zero-order chi connectivity index (χ0) is 6.57. The van der Waals surface area contributed by atoms with Crippen molar-refractivity contribution in [3.8, 4) is 0 Å². The van der Waals surface area contributed by atoms with E-state index in [0.29, 0.717) is 0 Å². The zero-order valence-corrected chi connectivity index (χ0v) is 3.83. The van der Waals surface area contributed by atoms with E-state index >= 15 is 0 Å². The molecule has 0 unspecified atom stereocenters. The average Bonchev–Trinajstić information content (AvgIpc) is 1.69. The number of hydroxylamine groups is 1. The third kappa shape index (κ3) is 1.43. The highest BCUT2D eigenvalue weighted by Crippen LogP contribution is 1.63. The van der Waals surface area contributed by atoms with Crippen molar-refractivity contribution in [3.05, 3.63) is 0 Å². The summed E-state index contributed by atoms with van der Waals surface area (Å²) < 4.78 is 0. The molecular weight excluding hydrogens is 114 g/mol. The van der Waals surface area contributed by atoms with Crippen LogP contribution in [-0.4, -0.2) is 22.2 Å². The van der Waals surface area contributed by atoms with Crippen LogP contribution in [0.25, 0.3) is 0 Å². The maximum atomic E-state index is 9.87. The van der Waals surface area contributed by atoms with Gasteiger partial charge in [-0.05, 0) is 0 Å². The average molecular weight is 119 g/mol. The van der Waals surface area contributed by atoms with Gasteiger partial charge in [-0.1, -0.05) is 5.16 Å². The molecule has 0 saturated heterocycles. The van der Waals surface area contributed by atoms with E-state index in [0.717, 1.165) is 0 Å². The van der Waals surface area contributed by atoms with Gasteiger partial charge in [0, 0.05) is 0 Å². The van der Waals surface area contributed by atoms with Crippen molar-refractivity contribution in [1.82, 2.24) is 5.48 Å². The first kappa shape index (κ1) is 6.70. The fraction of sp³-hybridized carbons (Fsp3) is 0. The number of hydrogen-bond donors (Lipinski definition) is 4. The molecule has 0 radical (unpaired) electrons. The summed E-state index contributed by atoms with van der Waals surface area (Å²) in [5, 5.41) is 17.9. The highest BCUT2D eigenvalue weighted by molar-refractivity contribution is 6.36. The van der Waals surface area contributed by atoms with E-state index in [4.69, 9.17) is 10.4 Å². The van der Waals surface area contributed by atoms with Crippen LogP contribution < -0.4 is 11.2 Å². The Balaban J connectivity index is 3.92. The number of hydrogen-bond acceptors (Lipinski definition) is 4. The summed E-state index contributed by atoms with van der Waals surface area (Å²) in [6.07, 6.45) is 0. The van der Waals surface area contributed by atoms with Gasteiger partial charge in [-0.25, -0.2) is 5.48 Å². The Bertz CT molecular complexity index is 120. The third-order valence-electron chi connectivity index (χ3n) is 0.439. The number of amidine groups is 1. The number of amides is 1. The molecule has 0 aliphatic rings. The molecule has 0 heterocycles. The van der Waals surface area contributed by atoms with Gasteiger partial charge < -0.3 is 10.9 Å². The maximum Gasteiger partial charge on any atom is 0.289 e. The number of carbonyl (C=O) groups excluding carboxylic acids is 1. The van der Waals surface area contributed by atoms with Crippen LogP contribution in [0.4, 0.5) is 0 Å². The van der Waals surface area contributed by atoms with Crippen LogP contribution in [0.3, 0.4) is 0 Å². The zero-order valence-electron chi connectivity index (χ0n) is 3.83. The van der Waals surface area contributed by atoms with Crippen molar-refractivity contribution in [1.29, 1.82) is 0 Å². The minimum absolute atomic E-state index is 0.690. The molecule has 0 aliphatic heterocycles. The largest absolute Gasteiger partial charge is 0.409 e. The number of carbonyl (C=O) groups is 1. The van der Waals surface area contributed by atoms with E-state index in [-0.39, 0.29) is 0 Å². The highest BCUT2D eigenvalue weighted by Gasteiger charge is 2.02. The maximum absolute atomic E-state index is 9.87. The van der Waals surface area contributed by atoms with Gasteiger partial charge in [0.1, 0.15) is 0 Å². The summed E-state index contributed by atoms with van der Waals surface area (Å²) in [4.78, 5) is 9.87. The number of nitrogens with two attached hydrogens (primary N) is 1. The number of nitrogens with one attached hydrogen (secondary N) is 1. The predicted molar refractivity (Wildman–Crippen MR) is 23.3 cm³/mol. The van der Waals surface area contributed by atoms with Crippen LogP contribution in [0.5, 0.6) is 0 Å². The van der Waals surface area contributed by atoms with E-state index in [9.17, 15) is 4.79 Å². The van der Waals surface area contributed by atoms with E-state index in [1.54, 1.807) is 0 Å². The molecule has 0 aromatic rings. The van der Waals surface area contributed by atoms with Crippen LogP contribution in [0.15, 0.2) is 5.16 Å². The fourth-order valence-electron chi connectivity index (χ4n) is 0.127. The molecule has 0 bridgehead atoms. The summed E-state index contributed by atoms with van der Waals surface area (Å²) in [6.45, 7) is 0. The Kier molecular flexibility index (Phi) is 2.35. The van der Waals surface area contributed by atoms with Crippen molar-refractivity contribution >= 4 is 11.7 Å². The van der Waals surface area contributed by atoms with Gasteiger partial charge in [0.25, 0.3) is 11.7 Å². The smallest absolute Gasteiger partial charge is 0.289 e. The first-order chi connectivity index (χ1) is 3.72. The van der Waals surface area contributed by atoms with E-state index in [1.807, 2.05) is 0 Å². The molecular formula is C2H5N3O3. The molecule has 46 valence electrons. The quantitative estimate of drug-likeness (QED) is 0.131. The minimum atomic E-state index is -1.03. The van der Waals surface area contributed by atoms with Crippen LogP contribution in [0.1, 0.15) is 0 Å². The molecule has 0 saturated carbocycles. The molecule has 1 amide bonds. The molecule has 5 N–H and O–H groups in total. The van der Waals surface area contributed by atoms with Crippen molar-refractivity contribution in [2.24, 2.45) is 10.9 Å². The second-order valence-corrected chi connectivity index (χ2v) is 0.925. The van der Waals surface area contributed by atoms with Crippen LogP contribution in [-0.2, 0) is 4.79 Å². The van der Waals surface area contributed by atoms with Gasteiger partial charge in [-0.15, -0.1) is 0 Å². The summed E-state index contributed by atoms with van der Waals surface area (Å²) in [5.74, 6) is -1.72. The number of rotatable bonds is 0. The third-order valence-corrected chi connectivity index (χ3v) is 0.439. The van der Waals surface area contributed by atoms with Gasteiger partial charge in [-0.3, -0.25) is 10.0 Å². The van der Waals surface area contributed by atoms with E-state index in [1.165, 1.54) is 5.48 Å². The molecule has 8 heavy (non-hydrogen) atoms. The van der Waals surface area contributed by atoms with Crippen molar-refractivity contribution < 1.29 is 15.2 Å². The lowest BCUT2D eigenvalue weighted by Crippen LogP contribution is -2.34. The lowest BCUT2D eigenvalue weighted by molar-refractivity contribution is -0.112. The van der Waals surface area contributed by atoms with Crippen molar-refractivity contribution in [3.63, 3.8) is 0 Å². The molecule has 0 aromatic heterocycles. The Morgan fingerprint density at radius 2 is 2.25 bits per heavy atom. The molecule has 0 rings (SSSR count). The normalized spacial score (nSPS) is 10.9. The highest BCUT2D eigenvalue weighted by atomic mass is 16.5. The molecule has 6 nitrogen and oxygen atoms in total. The first-order valence-corrected chi connectivity index (χ1v) is 1.64. The molecule has 0 atom stereocenters. The lowest BCUT2D eigenvalue weighted by atomic mass is 10.6. The van der Waals surface area contributed by atoms with Gasteiger partial charge >= 0.3 is 0 Å². The lowest BCUT2D eigenvalue weighted by Gasteiger charge is -1.91. The Hall–Kier alpha value is -1.30. The van der Waals surface area contributed by atoms with Gasteiger partial charge in [-0.2, -0.15) is 0 Å². The second kappa shape index (κ2) is 2.80. The van der Waals surface area contributed by atoms with Crippen molar-refractivity contribution in [2.75, 3.05) is 0 Å². The fourth-order valence-corrected chi connectivity index (χ4v) is 0.127.